The number of hydroxylamine groups is 2. The first kappa shape index (κ1) is 14.0. The van der Waals surface area contributed by atoms with Gasteiger partial charge in [0.05, 0.1) is 0 Å². The number of hydrogen-bond acceptors (Lipinski definition) is 5. The summed E-state index contributed by atoms with van der Waals surface area (Å²) in [6, 6.07) is 0. The van der Waals surface area contributed by atoms with Gasteiger partial charge >= 0.3 is 15.6 Å². The zero-order chi connectivity index (χ0) is 12.3. The molecule has 1 aliphatic heterocycles. The molecule has 15 heavy (non-hydrogen) atoms. The summed E-state index contributed by atoms with van der Waals surface area (Å²) in [4.78, 5) is 1.88. The Labute approximate surface area is 83.9 Å². The lowest BCUT2D eigenvalue weighted by Gasteiger charge is -2.08. The number of alkyl halides is 3. The molecule has 6 nitrogen and oxygen atoms in total. The SMILES string of the molecule is CN1C=CN(O)C1.O=S(=O)(O)C(F)(F)F. The molecule has 0 atom stereocenters. The van der Waals surface area contributed by atoms with E-state index in [0.29, 0.717) is 6.67 Å². The summed E-state index contributed by atoms with van der Waals surface area (Å²) < 4.78 is 57.5. The van der Waals surface area contributed by atoms with Crippen molar-refractivity contribution in [3.63, 3.8) is 0 Å². The lowest BCUT2D eigenvalue weighted by molar-refractivity contribution is -0.0514. The van der Waals surface area contributed by atoms with Crippen LogP contribution in [0, 0.1) is 0 Å². The van der Waals surface area contributed by atoms with Gasteiger partial charge in [-0.05, 0) is 0 Å². The second kappa shape index (κ2) is 4.68. The fourth-order valence-corrected chi connectivity index (χ4v) is 0.514. The summed E-state index contributed by atoms with van der Waals surface area (Å²) >= 11 is 0. The Bertz CT molecular complexity index is 316. The Morgan fingerprint density at radius 1 is 1.33 bits per heavy atom. The molecule has 0 saturated carbocycles. The molecule has 0 fully saturated rings. The third-order valence-corrected chi connectivity index (χ3v) is 1.74. The fourth-order valence-electron chi connectivity index (χ4n) is 0.514. The van der Waals surface area contributed by atoms with Crippen molar-refractivity contribution in [2.24, 2.45) is 0 Å². The van der Waals surface area contributed by atoms with Crippen molar-refractivity contribution in [1.29, 1.82) is 0 Å². The predicted molar refractivity (Wildman–Crippen MR) is 43.0 cm³/mol. The second-order valence-electron chi connectivity index (χ2n) is 2.56. The van der Waals surface area contributed by atoms with Crippen LogP contribution >= 0.6 is 0 Å². The molecule has 0 aromatic carbocycles. The molecule has 0 spiro atoms. The maximum atomic E-state index is 10.7. The number of rotatable bonds is 0. The van der Waals surface area contributed by atoms with E-state index >= 15 is 0 Å². The van der Waals surface area contributed by atoms with Gasteiger partial charge in [-0.3, -0.25) is 9.76 Å². The first-order chi connectivity index (χ1) is 6.54. The Hall–Kier alpha value is -1.00. The van der Waals surface area contributed by atoms with Crippen molar-refractivity contribution < 1.29 is 31.3 Å². The maximum Gasteiger partial charge on any atom is 0.522 e. The summed E-state index contributed by atoms with van der Waals surface area (Å²) in [5.41, 5.74) is -5.53. The summed E-state index contributed by atoms with van der Waals surface area (Å²) in [6.45, 7) is 0.583. The molecular weight excluding hydrogens is 241 g/mol. The molecular formula is C5H9F3N2O4S. The highest BCUT2D eigenvalue weighted by Crippen LogP contribution is 2.20. The van der Waals surface area contributed by atoms with Gasteiger partial charge in [-0.15, -0.1) is 0 Å². The summed E-state index contributed by atoms with van der Waals surface area (Å²) in [5.74, 6) is 0. The molecule has 90 valence electrons. The van der Waals surface area contributed by atoms with E-state index in [0.717, 1.165) is 5.06 Å². The molecule has 1 aliphatic rings. The van der Waals surface area contributed by atoms with Crippen LogP contribution in [0.3, 0.4) is 0 Å². The average Bonchev–Trinajstić information content (AvgIpc) is 2.31. The van der Waals surface area contributed by atoms with Gasteiger partial charge in [0.15, 0.2) is 0 Å². The third kappa shape index (κ3) is 5.44. The first-order valence-corrected chi connectivity index (χ1v) is 4.86. The summed E-state index contributed by atoms with van der Waals surface area (Å²) in [6.07, 6.45) is 3.42. The van der Waals surface area contributed by atoms with Gasteiger partial charge in [-0.2, -0.15) is 21.6 Å². The molecule has 1 rings (SSSR count). The fraction of sp³-hybridized carbons (Fsp3) is 0.600. The van der Waals surface area contributed by atoms with Gasteiger partial charge < -0.3 is 4.90 Å². The predicted octanol–water partition coefficient (Wildman–Crippen LogP) is 0.446. The van der Waals surface area contributed by atoms with Crippen LogP contribution in [-0.2, 0) is 10.1 Å². The zero-order valence-corrected chi connectivity index (χ0v) is 8.33. The topological polar surface area (TPSA) is 81.1 Å². The van der Waals surface area contributed by atoms with E-state index in [2.05, 4.69) is 0 Å². The highest BCUT2D eigenvalue weighted by molar-refractivity contribution is 7.86. The van der Waals surface area contributed by atoms with Crippen molar-refractivity contribution in [2.75, 3.05) is 13.7 Å². The van der Waals surface area contributed by atoms with Crippen molar-refractivity contribution >= 4 is 10.1 Å². The van der Waals surface area contributed by atoms with Crippen LogP contribution in [0.1, 0.15) is 0 Å². The van der Waals surface area contributed by atoms with Crippen LogP contribution in [0.15, 0.2) is 12.4 Å². The highest BCUT2D eigenvalue weighted by atomic mass is 32.2. The van der Waals surface area contributed by atoms with Crippen LogP contribution in [0.4, 0.5) is 13.2 Å². The minimum Gasteiger partial charge on any atom is -0.360 e. The van der Waals surface area contributed by atoms with Gasteiger partial charge in [0.25, 0.3) is 0 Å². The minimum absolute atomic E-state index is 0.583. The minimum atomic E-state index is -5.84. The lowest BCUT2D eigenvalue weighted by Crippen LogP contribution is -2.21. The number of hydrogen-bond donors (Lipinski definition) is 2. The lowest BCUT2D eigenvalue weighted by atomic mass is 10.9. The van der Waals surface area contributed by atoms with Crippen molar-refractivity contribution in [3.05, 3.63) is 12.4 Å². The van der Waals surface area contributed by atoms with Crippen LogP contribution < -0.4 is 0 Å². The molecule has 10 heteroatoms. The maximum absolute atomic E-state index is 10.7. The molecule has 0 radical (unpaired) electrons. The highest BCUT2D eigenvalue weighted by Gasteiger charge is 2.44. The molecule has 0 unspecified atom stereocenters. The van der Waals surface area contributed by atoms with Crippen LogP contribution in [0.5, 0.6) is 0 Å². The van der Waals surface area contributed by atoms with E-state index in [1.165, 1.54) is 0 Å². The molecule has 0 saturated heterocycles. The molecule has 0 aromatic rings. The van der Waals surface area contributed by atoms with Crippen LogP contribution in [0.25, 0.3) is 0 Å². The molecule has 0 bridgehead atoms. The smallest absolute Gasteiger partial charge is 0.360 e. The Morgan fingerprint density at radius 2 is 1.73 bits per heavy atom. The standard InChI is InChI=1S/C4H8N2O.CHF3O3S/c1-5-2-3-6(7)4-5;2-1(3,4)8(5,6)7/h2-3,7H,4H2,1H3;(H,5,6,7). The Balaban J connectivity index is 0.000000262. The zero-order valence-electron chi connectivity index (χ0n) is 7.51. The molecule has 1 heterocycles. The first-order valence-electron chi connectivity index (χ1n) is 3.42. The molecule has 0 amide bonds. The van der Waals surface area contributed by atoms with E-state index in [9.17, 15) is 13.2 Å². The quantitative estimate of drug-likeness (QED) is 0.480. The van der Waals surface area contributed by atoms with E-state index < -0.39 is 15.6 Å². The van der Waals surface area contributed by atoms with Crippen molar-refractivity contribution in [3.8, 4) is 0 Å². The Kier molecular flexibility index (Phi) is 4.37. The van der Waals surface area contributed by atoms with Gasteiger partial charge in [-0.1, -0.05) is 0 Å². The molecule has 2 N–H and O–H groups in total. The van der Waals surface area contributed by atoms with E-state index in [1.807, 2.05) is 11.9 Å². The van der Waals surface area contributed by atoms with Gasteiger partial charge in [0.2, 0.25) is 0 Å². The van der Waals surface area contributed by atoms with Crippen LogP contribution in [0.2, 0.25) is 0 Å². The third-order valence-electron chi connectivity index (χ3n) is 1.15. The molecule has 0 aromatic heterocycles. The van der Waals surface area contributed by atoms with E-state index in [-0.39, 0.29) is 0 Å². The van der Waals surface area contributed by atoms with Gasteiger partial charge in [-0.25, -0.2) is 5.06 Å². The Morgan fingerprint density at radius 3 is 1.80 bits per heavy atom. The van der Waals surface area contributed by atoms with E-state index in [4.69, 9.17) is 18.2 Å². The van der Waals surface area contributed by atoms with Crippen LogP contribution in [-0.4, -0.2) is 47.4 Å². The number of halogens is 3. The van der Waals surface area contributed by atoms with Crippen molar-refractivity contribution in [2.45, 2.75) is 5.51 Å². The molecule has 0 aliphatic carbocycles. The monoisotopic (exact) mass is 250 g/mol. The summed E-state index contributed by atoms with van der Waals surface area (Å²) in [7, 11) is -3.94. The van der Waals surface area contributed by atoms with Crippen molar-refractivity contribution in [1.82, 2.24) is 9.96 Å². The average molecular weight is 250 g/mol. The van der Waals surface area contributed by atoms with Gasteiger partial charge in [0, 0.05) is 19.4 Å². The normalized spacial score (nSPS) is 16.4. The van der Waals surface area contributed by atoms with Gasteiger partial charge in [0.1, 0.15) is 6.67 Å². The largest absolute Gasteiger partial charge is 0.522 e. The number of nitrogens with zero attached hydrogens (tertiary/aromatic N) is 2. The van der Waals surface area contributed by atoms with E-state index in [1.54, 1.807) is 12.4 Å². The second-order valence-corrected chi connectivity index (χ2v) is 3.97. The summed E-state index contributed by atoms with van der Waals surface area (Å²) in [5, 5.41) is 9.73.